The lowest BCUT2D eigenvalue weighted by atomic mass is 9.97. The monoisotopic (exact) mass is 1050 g/mol. The van der Waals surface area contributed by atoms with E-state index in [9.17, 15) is 0 Å². The van der Waals surface area contributed by atoms with Gasteiger partial charge >= 0.3 is 0 Å². The Morgan fingerprint density at radius 3 is 1.16 bits per heavy atom. The molecule has 0 spiro atoms. The fourth-order valence-electron chi connectivity index (χ4n) is 12.7. The van der Waals surface area contributed by atoms with Crippen LogP contribution in [0.15, 0.2) is 297 Å². The summed E-state index contributed by atoms with van der Waals surface area (Å²) in [6.07, 6.45) is 0. The van der Waals surface area contributed by atoms with Gasteiger partial charge in [0.2, 0.25) is 0 Å². The van der Waals surface area contributed by atoms with E-state index in [1.54, 1.807) is 0 Å². The second kappa shape index (κ2) is 18.2. The average molecular weight is 1050 g/mol. The number of fused-ring (bicyclic) bond motifs is 16. The van der Waals surface area contributed by atoms with E-state index < -0.39 is 0 Å². The van der Waals surface area contributed by atoms with Crippen LogP contribution in [0, 0.1) is 0 Å². The molecule has 384 valence electrons. The molecule has 0 radical (unpaired) electrons. The van der Waals surface area contributed by atoms with Gasteiger partial charge in [0.15, 0.2) is 11.2 Å². The first kappa shape index (κ1) is 45.9. The molecule has 0 aliphatic carbocycles. The van der Waals surface area contributed by atoms with Crippen LogP contribution in [0.25, 0.3) is 166 Å². The Hall–Kier alpha value is -11.1. The summed E-state index contributed by atoms with van der Waals surface area (Å²) >= 11 is 0. The van der Waals surface area contributed by atoms with Crippen molar-refractivity contribution in [2.75, 3.05) is 0 Å². The summed E-state index contributed by atoms with van der Waals surface area (Å²) in [7, 11) is 0. The molecule has 6 aromatic heterocycles. The Morgan fingerprint density at radius 1 is 0.220 bits per heavy atom. The second-order valence-corrected chi connectivity index (χ2v) is 21.0. The van der Waals surface area contributed by atoms with E-state index in [2.05, 4.69) is 264 Å². The number of nitrogens with zero attached hydrogens (tertiary/aromatic N) is 2. The number of hydrogen-bond donors (Lipinski definition) is 0. The van der Waals surface area contributed by atoms with Crippen molar-refractivity contribution in [2.24, 2.45) is 0 Å². The molecule has 0 aliphatic heterocycles. The Labute approximate surface area is 469 Å². The summed E-state index contributed by atoms with van der Waals surface area (Å²) < 4.78 is 30.2. The van der Waals surface area contributed by atoms with Crippen molar-refractivity contribution < 1.29 is 17.7 Å². The van der Waals surface area contributed by atoms with Gasteiger partial charge in [-0.1, -0.05) is 194 Å². The number of benzene rings is 12. The van der Waals surface area contributed by atoms with Gasteiger partial charge in [0.25, 0.3) is 0 Å². The minimum atomic E-state index is 0.888. The van der Waals surface area contributed by atoms with Gasteiger partial charge in [0.05, 0.1) is 21.8 Å². The fraction of sp³-hybridized carbons (Fsp3) is 0. The maximum absolute atomic E-state index is 6.57. The normalized spacial score (nSPS) is 11.9. The van der Waals surface area contributed by atoms with Crippen LogP contribution >= 0.6 is 0 Å². The van der Waals surface area contributed by atoms with Crippen molar-refractivity contribution >= 4 is 110 Å². The first-order valence-corrected chi connectivity index (χ1v) is 27.7. The van der Waals surface area contributed by atoms with Crippen molar-refractivity contribution in [2.45, 2.75) is 0 Å². The number of para-hydroxylation sites is 7. The lowest BCUT2D eigenvalue weighted by molar-refractivity contribution is 0.669. The molecular weight excluding hydrogens is 1000 g/mol. The molecule has 0 N–H and O–H groups in total. The standard InChI is InChI=1S/2C38H23NO2/c1-2-10-26(11-3-1)39-32-17-6-4-13-31(32)38-36(39)35-27(14-9-19-34(35)41-38)24-20-22-25(23-21-24)28-15-8-16-30-29-12-5-7-18-33(29)40-37(28)30;1-2-9-27(10-3-1)39-32-14-6-4-12-31(32)38-37(39)36-28(13-8-16-34(36)41-38)25-19-17-24(18-20-25)26-21-22-30-29-11-5-7-15-33(29)40-35(30)23-26/h2*1-23H. The number of aromatic nitrogens is 2. The van der Waals surface area contributed by atoms with Crippen LogP contribution in [-0.4, -0.2) is 9.13 Å². The predicted octanol–water partition coefficient (Wildman–Crippen LogP) is 21.5. The number of rotatable bonds is 6. The lowest BCUT2D eigenvalue weighted by Crippen LogP contribution is -1.93. The summed E-state index contributed by atoms with van der Waals surface area (Å²) in [5.74, 6) is 0. The SMILES string of the molecule is c1ccc(-n2c3ccccc3c3oc4cccc(-c5ccc(-c6ccc7c(c6)oc6ccccc67)cc5)c4c32)cc1.c1ccc(-n2c3ccccc3c3oc4cccc(-c5ccc(-c6cccc7c6oc6ccccc67)cc5)c4c32)cc1. The van der Waals surface area contributed by atoms with E-state index in [4.69, 9.17) is 17.7 Å². The Bertz CT molecular complexity index is 5500. The highest BCUT2D eigenvalue weighted by Crippen LogP contribution is 2.46. The average Bonchev–Trinajstić information content (AvgIpc) is 3.14. The van der Waals surface area contributed by atoms with Crippen molar-refractivity contribution in [3.05, 3.63) is 279 Å². The molecule has 0 unspecified atom stereocenters. The second-order valence-electron chi connectivity index (χ2n) is 21.0. The quantitative estimate of drug-likeness (QED) is 0.166. The zero-order chi connectivity index (χ0) is 53.8. The largest absolute Gasteiger partial charge is 0.456 e. The summed E-state index contributed by atoms with van der Waals surface area (Å²) in [5, 5.41) is 9.05. The van der Waals surface area contributed by atoms with Crippen molar-refractivity contribution in [3.63, 3.8) is 0 Å². The van der Waals surface area contributed by atoms with Gasteiger partial charge in [-0.05, 0) is 124 Å². The van der Waals surface area contributed by atoms with Crippen LogP contribution < -0.4 is 0 Å². The van der Waals surface area contributed by atoms with Gasteiger partial charge in [-0.2, -0.15) is 0 Å². The first-order chi connectivity index (χ1) is 40.7. The minimum Gasteiger partial charge on any atom is -0.456 e. The highest BCUT2D eigenvalue weighted by atomic mass is 16.3. The molecule has 0 saturated carbocycles. The van der Waals surface area contributed by atoms with Gasteiger partial charge in [0, 0.05) is 49.3 Å². The molecule has 0 bridgehead atoms. The van der Waals surface area contributed by atoms with E-state index in [0.29, 0.717) is 0 Å². The van der Waals surface area contributed by atoms with Crippen LogP contribution in [0.5, 0.6) is 0 Å². The maximum atomic E-state index is 6.57. The van der Waals surface area contributed by atoms with E-state index in [1.807, 2.05) is 24.3 Å². The summed E-state index contributed by atoms with van der Waals surface area (Å²) in [5.41, 5.74) is 23.1. The Kier molecular flexibility index (Phi) is 10.2. The van der Waals surface area contributed by atoms with Gasteiger partial charge < -0.3 is 26.8 Å². The van der Waals surface area contributed by atoms with Crippen LogP contribution in [-0.2, 0) is 0 Å². The Morgan fingerprint density at radius 2 is 0.598 bits per heavy atom. The zero-order valence-electron chi connectivity index (χ0n) is 44.1. The highest BCUT2D eigenvalue weighted by Gasteiger charge is 2.24. The third-order valence-electron chi connectivity index (χ3n) is 16.5. The molecule has 6 nitrogen and oxygen atoms in total. The molecule has 0 amide bonds. The van der Waals surface area contributed by atoms with Gasteiger partial charge in [-0.3, -0.25) is 0 Å². The third kappa shape index (κ3) is 7.08. The molecule has 82 heavy (non-hydrogen) atoms. The van der Waals surface area contributed by atoms with E-state index in [-0.39, 0.29) is 0 Å². The van der Waals surface area contributed by atoms with Crippen molar-refractivity contribution in [1.82, 2.24) is 9.13 Å². The zero-order valence-corrected chi connectivity index (χ0v) is 44.1. The molecule has 12 aromatic carbocycles. The van der Waals surface area contributed by atoms with E-state index >= 15 is 0 Å². The van der Waals surface area contributed by atoms with E-state index in [0.717, 1.165) is 166 Å². The van der Waals surface area contributed by atoms with Gasteiger partial charge in [0.1, 0.15) is 44.5 Å². The lowest BCUT2D eigenvalue weighted by Gasteiger charge is -2.10. The van der Waals surface area contributed by atoms with Crippen molar-refractivity contribution in [3.8, 4) is 55.9 Å². The number of furan rings is 4. The van der Waals surface area contributed by atoms with Crippen LogP contribution in [0.3, 0.4) is 0 Å². The highest BCUT2D eigenvalue weighted by molar-refractivity contribution is 6.22. The van der Waals surface area contributed by atoms with E-state index in [1.165, 1.54) is 0 Å². The third-order valence-corrected chi connectivity index (χ3v) is 16.5. The van der Waals surface area contributed by atoms with Crippen LogP contribution in [0.2, 0.25) is 0 Å². The summed E-state index contributed by atoms with van der Waals surface area (Å²) in [4.78, 5) is 0. The maximum Gasteiger partial charge on any atom is 0.161 e. The van der Waals surface area contributed by atoms with Crippen LogP contribution in [0.4, 0.5) is 0 Å². The summed E-state index contributed by atoms with van der Waals surface area (Å²) in [6.45, 7) is 0. The molecule has 18 rings (SSSR count). The first-order valence-electron chi connectivity index (χ1n) is 27.7. The van der Waals surface area contributed by atoms with Crippen LogP contribution in [0.1, 0.15) is 0 Å². The fourth-order valence-corrected chi connectivity index (χ4v) is 12.7. The smallest absolute Gasteiger partial charge is 0.161 e. The minimum absolute atomic E-state index is 0.888. The van der Waals surface area contributed by atoms with Gasteiger partial charge in [-0.25, -0.2) is 0 Å². The molecule has 0 fully saturated rings. The molecule has 18 aromatic rings. The molecule has 0 aliphatic rings. The van der Waals surface area contributed by atoms with Gasteiger partial charge in [-0.15, -0.1) is 0 Å². The molecule has 0 atom stereocenters. The molecule has 6 heteroatoms. The molecule has 6 heterocycles. The number of hydrogen-bond acceptors (Lipinski definition) is 4. The molecular formula is C76H46N2O4. The summed E-state index contributed by atoms with van der Waals surface area (Å²) in [6, 6.07) is 97.6. The topological polar surface area (TPSA) is 62.4 Å². The Balaban J connectivity index is 0.000000130. The predicted molar refractivity (Wildman–Crippen MR) is 337 cm³/mol. The molecule has 0 saturated heterocycles. The van der Waals surface area contributed by atoms with Crippen molar-refractivity contribution in [1.29, 1.82) is 0 Å².